The molecule has 3 aromatic carbocycles. The summed E-state index contributed by atoms with van der Waals surface area (Å²) in [4.78, 5) is 77.1. The minimum absolute atomic E-state index is 0. The lowest BCUT2D eigenvalue weighted by Crippen LogP contribution is -3.00. The number of benzene rings is 3. The van der Waals surface area contributed by atoms with Gasteiger partial charge in [-0.2, -0.15) is 0 Å². The first-order valence-electron chi connectivity index (χ1n) is 16.6. The molecule has 4 amide bonds. The first-order valence-corrected chi connectivity index (χ1v) is 19.6. The zero-order valence-electron chi connectivity index (χ0n) is 29.1. The van der Waals surface area contributed by atoms with Crippen LogP contribution in [0.4, 0.5) is 0 Å². The summed E-state index contributed by atoms with van der Waals surface area (Å²) in [7, 11) is 0.206. The Morgan fingerprint density at radius 3 is 1.92 bits per heavy atom. The van der Waals surface area contributed by atoms with Gasteiger partial charge in [0.05, 0.1) is 25.6 Å². The fourth-order valence-electron chi connectivity index (χ4n) is 5.94. The number of halogens is 1. The van der Waals surface area contributed by atoms with E-state index in [1.54, 1.807) is 0 Å². The minimum atomic E-state index is -2.16. The van der Waals surface area contributed by atoms with E-state index in [1.807, 2.05) is 54.6 Å². The highest BCUT2D eigenvalue weighted by Crippen LogP contribution is 2.55. The summed E-state index contributed by atoms with van der Waals surface area (Å²) in [6, 6.07) is 28.9. The van der Waals surface area contributed by atoms with E-state index in [2.05, 4.69) is 56.5 Å². The second-order valence-electron chi connectivity index (χ2n) is 11.9. The SMILES string of the molecule is COC(=O)CNC(=O)[C@H](CSC1CC(=O)N(CCC[P+](c2ccccc2)(c2ccccc2)c2ccccc2)C1=O)NC(=O)CC[C@H](N)C(=O)OC.[Br-]. The molecule has 0 spiro atoms. The van der Waals surface area contributed by atoms with Crippen LogP contribution in [0.1, 0.15) is 25.7 Å². The van der Waals surface area contributed by atoms with E-state index >= 15 is 0 Å². The Hall–Kier alpha value is -4.10. The lowest BCUT2D eigenvalue weighted by molar-refractivity contribution is -0.142. The monoisotopic (exact) mass is 814 g/mol. The zero-order chi connectivity index (χ0) is 36.8. The van der Waals surface area contributed by atoms with E-state index in [-0.39, 0.29) is 60.4 Å². The first kappa shape index (κ1) is 42.3. The number of imide groups is 1. The van der Waals surface area contributed by atoms with E-state index in [0.717, 1.165) is 17.9 Å². The van der Waals surface area contributed by atoms with Gasteiger partial charge in [-0.15, -0.1) is 11.8 Å². The normalized spacial score (nSPS) is 15.2. The van der Waals surface area contributed by atoms with E-state index in [0.29, 0.717) is 6.42 Å². The lowest BCUT2D eigenvalue weighted by atomic mass is 10.1. The molecule has 1 aliphatic heterocycles. The molecule has 15 heteroatoms. The van der Waals surface area contributed by atoms with Gasteiger partial charge in [-0.05, 0) is 42.8 Å². The van der Waals surface area contributed by atoms with E-state index in [1.165, 1.54) is 35.0 Å². The Morgan fingerprint density at radius 2 is 1.42 bits per heavy atom. The number of hydrogen-bond acceptors (Lipinski definition) is 10. The molecule has 3 atom stereocenters. The van der Waals surface area contributed by atoms with Gasteiger partial charge in [0.25, 0.3) is 0 Å². The van der Waals surface area contributed by atoms with Crippen LogP contribution in [-0.4, -0.2) is 97.0 Å². The number of methoxy groups -OCH3 is 2. The number of carbonyl (C=O) groups is 6. The Kier molecular flexibility index (Phi) is 16.9. The first-order chi connectivity index (χ1) is 24.6. The van der Waals surface area contributed by atoms with Crippen LogP contribution in [0.5, 0.6) is 0 Å². The van der Waals surface area contributed by atoms with Crippen LogP contribution in [0.15, 0.2) is 91.0 Å². The number of amides is 4. The largest absolute Gasteiger partial charge is 1.00 e. The van der Waals surface area contributed by atoms with Gasteiger partial charge in [-0.1, -0.05) is 54.6 Å². The van der Waals surface area contributed by atoms with Gasteiger partial charge in [0, 0.05) is 31.6 Å². The van der Waals surface area contributed by atoms with Crippen molar-refractivity contribution in [1.82, 2.24) is 15.5 Å². The van der Waals surface area contributed by atoms with Gasteiger partial charge < -0.3 is 42.8 Å². The molecule has 1 aliphatic rings. The number of ether oxygens (including phenoxy) is 2. The number of hydrogen-bond donors (Lipinski definition) is 3. The van der Waals surface area contributed by atoms with Crippen molar-refractivity contribution in [2.24, 2.45) is 5.73 Å². The summed E-state index contributed by atoms with van der Waals surface area (Å²) >= 11 is 1.08. The van der Waals surface area contributed by atoms with Crippen LogP contribution in [-0.2, 0) is 38.2 Å². The highest BCUT2D eigenvalue weighted by molar-refractivity contribution is 8.00. The molecular formula is C37H44BrN4O8PS. The van der Waals surface area contributed by atoms with Gasteiger partial charge in [-0.3, -0.25) is 33.7 Å². The average Bonchev–Trinajstić information content (AvgIpc) is 3.44. The van der Waals surface area contributed by atoms with Crippen molar-refractivity contribution in [1.29, 1.82) is 0 Å². The molecule has 12 nitrogen and oxygen atoms in total. The average molecular weight is 816 g/mol. The molecule has 278 valence electrons. The predicted molar refractivity (Wildman–Crippen MR) is 198 cm³/mol. The summed E-state index contributed by atoms with van der Waals surface area (Å²) in [6.07, 6.45) is 1.07. The molecule has 1 saturated heterocycles. The fourth-order valence-corrected chi connectivity index (χ4v) is 11.5. The number of thioether (sulfide) groups is 1. The highest BCUT2D eigenvalue weighted by Gasteiger charge is 2.46. The third-order valence-corrected chi connectivity index (χ3v) is 14.4. The maximum atomic E-state index is 13.6. The Labute approximate surface area is 319 Å². The van der Waals surface area contributed by atoms with Crippen LogP contribution < -0.4 is 49.3 Å². The number of carbonyl (C=O) groups excluding carboxylic acids is 6. The second kappa shape index (κ2) is 20.8. The molecule has 1 heterocycles. The van der Waals surface area contributed by atoms with Crippen LogP contribution in [0.3, 0.4) is 0 Å². The third-order valence-electron chi connectivity index (χ3n) is 8.61. The third kappa shape index (κ3) is 11.0. The van der Waals surface area contributed by atoms with Crippen LogP contribution >= 0.6 is 19.0 Å². The molecule has 0 aromatic heterocycles. The number of nitrogens with zero attached hydrogens (tertiary/aromatic N) is 1. The fraction of sp³-hybridized carbons (Fsp3) is 0.351. The number of esters is 2. The minimum Gasteiger partial charge on any atom is -1.00 e. The van der Waals surface area contributed by atoms with Crippen molar-refractivity contribution in [2.45, 2.75) is 43.0 Å². The molecule has 3 aromatic rings. The lowest BCUT2D eigenvalue weighted by Gasteiger charge is -2.28. The second-order valence-corrected chi connectivity index (χ2v) is 16.7. The van der Waals surface area contributed by atoms with Crippen molar-refractivity contribution >= 4 is 70.5 Å². The van der Waals surface area contributed by atoms with Gasteiger partial charge in [0.15, 0.2) is 0 Å². The topological polar surface area (TPSA) is 174 Å². The van der Waals surface area contributed by atoms with Crippen molar-refractivity contribution in [3.8, 4) is 0 Å². The molecule has 0 bridgehead atoms. The van der Waals surface area contributed by atoms with Gasteiger partial charge in [-0.25, -0.2) is 0 Å². The highest BCUT2D eigenvalue weighted by atomic mass is 79.9. The Bertz CT molecular complexity index is 1580. The summed E-state index contributed by atoms with van der Waals surface area (Å²) in [5.41, 5.74) is 5.73. The number of likely N-dealkylation sites (tertiary alicyclic amines) is 1. The molecule has 0 aliphatic carbocycles. The molecule has 52 heavy (non-hydrogen) atoms. The Morgan fingerprint density at radius 1 is 0.885 bits per heavy atom. The van der Waals surface area contributed by atoms with Crippen LogP contribution in [0, 0.1) is 0 Å². The molecule has 0 radical (unpaired) electrons. The summed E-state index contributed by atoms with van der Waals surface area (Å²) in [5, 5.41) is 7.88. The number of nitrogens with one attached hydrogen (secondary N) is 2. The van der Waals surface area contributed by atoms with Crippen LogP contribution in [0.25, 0.3) is 0 Å². The van der Waals surface area contributed by atoms with Crippen molar-refractivity contribution in [2.75, 3.05) is 39.2 Å². The summed E-state index contributed by atoms with van der Waals surface area (Å²) in [5.74, 6) is -3.29. The molecule has 4 N–H and O–H groups in total. The summed E-state index contributed by atoms with van der Waals surface area (Å²) in [6.45, 7) is -0.184. The molecule has 1 fully saturated rings. The zero-order valence-corrected chi connectivity index (χ0v) is 32.4. The Balaban J connectivity index is 0.00000729. The number of rotatable bonds is 18. The van der Waals surface area contributed by atoms with Crippen molar-refractivity contribution in [3.63, 3.8) is 0 Å². The van der Waals surface area contributed by atoms with Gasteiger partial charge >= 0.3 is 11.9 Å². The molecular weight excluding hydrogens is 771 g/mol. The summed E-state index contributed by atoms with van der Waals surface area (Å²) < 4.78 is 9.16. The standard InChI is InChI=1S/C37H43N4O8PS.BrH/c1-48-34(44)24-39-35(45)30(40-32(42)20-19-29(38)37(47)49-2)25-51-31-23-33(43)41(36(31)46)21-12-22-50(26-13-6-3-7-14-26,27-15-8-4-9-16-27)28-17-10-5-11-18-28;/h3-11,13-18,29-31H,12,19-25,38H2,1-2H3,(H-,39,40,42,45);1H/t29-,30-,31?;/m0./s1. The van der Waals surface area contributed by atoms with Gasteiger partial charge in [0.1, 0.15) is 41.8 Å². The maximum absolute atomic E-state index is 13.6. The smallest absolute Gasteiger partial charge is 0.325 e. The molecule has 1 unspecified atom stereocenters. The quantitative estimate of drug-likeness (QED) is 0.0763. The van der Waals surface area contributed by atoms with E-state index in [4.69, 9.17) is 5.73 Å². The van der Waals surface area contributed by atoms with Crippen molar-refractivity contribution in [3.05, 3.63) is 91.0 Å². The maximum Gasteiger partial charge on any atom is 0.325 e. The van der Waals surface area contributed by atoms with Crippen molar-refractivity contribution < 1.29 is 55.2 Å². The molecule has 4 rings (SSSR count). The van der Waals surface area contributed by atoms with E-state index < -0.39 is 54.9 Å². The van der Waals surface area contributed by atoms with Crippen LogP contribution in [0.2, 0.25) is 0 Å². The molecule has 0 saturated carbocycles. The predicted octanol–water partition coefficient (Wildman–Crippen LogP) is -1.71. The van der Waals surface area contributed by atoms with E-state index in [9.17, 15) is 28.8 Å². The van der Waals surface area contributed by atoms with Gasteiger partial charge in [0.2, 0.25) is 23.6 Å². The number of nitrogens with two attached hydrogens (primary N) is 1.